The summed E-state index contributed by atoms with van der Waals surface area (Å²) in [5.74, 6) is 4.78. The molecule has 0 aliphatic rings. The molecular weight excluding hydrogens is 230 g/mol. The van der Waals surface area contributed by atoms with Crippen LogP contribution in [0.25, 0.3) is 0 Å². The van der Waals surface area contributed by atoms with E-state index in [0.29, 0.717) is 0 Å². The van der Waals surface area contributed by atoms with Gasteiger partial charge in [0, 0.05) is 7.92 Å². The second-order valence-corrected chi connectivity index (χ2v) is 5.30. The largest absolute Gasteiger partial charge is 1.00 e. The number of hydrogen-bond acceptors (Lipinski definition) is 0. The van der Waals surface area contributed by atoms with E-state index in [9.17, 15) is 0 Å². The van der Waals surface area contributed by atoms with Crippen LogP contribution < -0.4 is 29.5 Å². The third kappa shape index (κ3) is 3.81. The van der Waals surface area contributed by atoms with Crippen molar-refractivity contribution >= 4 is 18.5 Å². The standard InChI is InChI=1S/C16H10P.Li/c1-2-3-14-17(15-10-6-4-7-11-15)16-12-8-5-9-13-16;/h4-13H;/q-1;+1. The van der Waals surface area contributed by atoms with Gasteiger partial charge in [0.05, 0.1) is 0 Å². The summed E-state index contributed by atoms with van der Waals surface area (Å²) in [6.45, 7) is 0. The van der Waals surface area contributed by atoms with Gasteiger partial charge in [-0.1, -0.05) is 60.7 Å². The van der Waals surface area contributed by atoms with E-state index in [0.717, 1.165) is 0 Å². The minimum atomic E-state index is -0.700. The molecule has 0 amide bonds. The minimum absolute atomic E-state index is 0. The zero-order valence-corrected chi connectivity index (χ0v) is 11.1. The molecule has 0 nitrogen and oxygen atoms in total. The normalized spacial score (nSPS) is 8.67. The van der Waals surface area contributed by atoms with Crippen LogP contribution in [0, 0.1) is 23.9 Å². The molecule has 2 aromatic rings. The van der Waals surface area contributed by atoms with Crippen molar-refractivity contribution in [3.05, 3.63) is 67.1 Å². The second-order valence-electron chi connectivity index (χ2n) is 3.37. The average Bonchev–Trinajstić information content (AvgIpc) is 2.42. The number of rotatable bonds is 2. The van der Waals surface area contributed by atoms with Gasteiger partial charge >= 0.3 is 18.9 Å². The Kier molecular flexibility index (Phi) is 6.37. The third-order valence-electron chi connectivity index (χ3n) is 2.26. The van der Waals surface area contributed by atoms with E-state index in [-0.39, 0.29) is 18.9 Å². The summed E-state index contributed by atoms with van der Waals surface area (Å²) in [6, 6.07) is 20.4. The molecule has 2 aromatic carbocycles. The Bertz CT molecular complexity index is 534. The van der Waals surface area contributed by atoms with E-state index >= 15 is 0 Å². The Labute approximate surface area is 122 Å². The third-order valence-corrected chi connectivity index (χ3v) is 4.22. The van der Waals surface area contributed by atoms with E-state index in [4.69, 9.17) is 6.42 Å². The Balaban J connectivity index is 0.00000162. The first-order chi connectivity index (χ1) is 8.42. The molecule has 18 heavy (non-hydrogen) atoms. The van der Waals surface area contributed by atoms with Crippen molar-refractivity contribution in [3.8, 4) is 17.5 Å². The molecule has 0 heterocycles. The number of benzene rings is 2. The first-order valence-corrected chi connectivity index (χ1v) is 6.58. The molecule has 0 aromatic heterocycles. The van der Waals surface area contributed by atoms with Gasteiger partial charge in [0.1, 0.15) is 0 Å². The van der Waals surface area contributed by atoms with Crippen LogP contribution in [0.1, 0.15) is 0 Å². The monoisotopic (exact) mass is 240 g/mol. The van der Waals surface area contributed by atoms with Crippen LogP contribution >= 0.6 is 7.92 Å². The molecule has 0 saturated heterocycles. The van der Waals surface area contributed by atoms with Gasteiger partial charge in [-0.3, -0.25) is 5.92 Å². The molecule has 0 atom stereocenters. The second kappa shape index (κ2) is 7.83. The summed E-state index contributed by atoms with van der Waals surface area (Å²) >= 11 is 0. The molecule has 0 aliphatic carbocycles. The van der Waals surface area contributed by atoms with E-state index in [2.05, 4.69) is 41.8 Å². The predicted molar refractivity (Wildman–Crippen MR) is 74.0 cm³/mol. The van der Waals surface area contributed by atoms with Crippen LogP contribution in [0.2, 0.25) is 0 Å². The quantitative estimate of drug-likeness (QED) is 0.292. The van der Waals surface area contributed by atoms with E-state index < -0.39 is 7.92 Å². The molecule has 80 valence electrons. The van der Waals surface area contributed by atoms with Crippen LogP contribution in [0.5, 0.6) is 0 Å². The fourth-order valence-electron chi connectivity index (χ4n) is 1.52. The average molecular weight is 240 g/mol. The molecule has 0 aliphatic heterocycles. The van der Waals surface area contributed by atoms with Gasteiger partial charge in [-0.25, -0.2) is 5.92 Å². The molecule has 0 saturated carbocycles. The summed E-state index contributed by atoms with van der Waals surface area (Å²) in [6.07, 6.45) is 6.91. The minimum Gasteiger partial charge on any atom is -0.358 e. The Morgan fingerprint density at radius 1 is 0.778 bits per heavy atom. The maximum atomic E-state index is 6.91. The van der Waals surface area contributed by atoms with Gasteiger partial charge in [-0.05, 0) is 10.6 Å². The molecule has 0 N–H and O–H groups in total. The van der Waals surface area contributed by atoms with Crippen molar-refractivity contribution in [1.82, 2.24) is 0 Å². The van der Waals surface area contributed by atoms with Crippen LogP contribution in [-0.4, -0.2) is 0 Å². The van der Waals surface area contributed by atoms with Crippen molar-refractivity contribution in [2.75, 3.05) is 0 Å². The SMILES string of the molecule is [C-]#CC#CP(c1ccccc1)c1ccccc1.[Li+]. The fraction of sp³-hybridized carbons (Fsp3) is 0. The van der Waals surface area contributed by atoms with Crippen LogP contribution in [0.4, 0.5) is 0 Å². The summed E-state index contributed by atoms with van der Waals surface area (Å²) < 4.78 is 0. The topological polar surface area (TPSA) is 0 Å². The van der Waals surface area contributed by atoms with Crippen molar-refractivity contribution in [3.63, 3.8) is 0 Å². The first-order valence-electron chi connectivity index (χ1n) is 5.24. The Morgan fingerprint density at radius 2 is 1.22 bits per heavy atom. The molecule has 0 bridgehead atoms. The molecule has 0 radical (unpaired) electrons. The molecular formula is C16H10LiP. The molecule has 0 fully saturated rings. The summed E-state index contributed by atoms with van der Waals surface area (Å²) in [7, 11) is -0.700. The van der Waals surface area contributed by atoms with Gasteiger partial charge in [0.2, 0.25) is 0 Å². The molecule has 2 heteroatoms. The van der Waals surface area contributed by atoms with Gasteiger partial charge < -0.3 is 6.42 Å². The van der Waals surface area contributed by atoms with E-state index in [1.54, 1.807) is 0 Å². The Morgan fingerprint density at radius 3 is 1.61 bits per heavy atom. The van der Waals surface area contributed by atoms with Gasteiger partial charge in [0.25, 0.3) is 0 Å². The van der Waals surface area contributed by atoms with Crippen molar-refractivity contribution in [2.45, 2.75) is 0 Å². The molecule has 0 unspecified atom stereocenters. The van der Waals surface area contributed by atoms with Crippen molar-refractivity contribution in [2.24, 2.45) is 0 Å². The molecule has 2 rings (SSSR count). The van der Waals surface area contributed by atoms with Crippen LogP contribution in [-0.2, 0) is 0 Å². The molecule has 0 spiro atoms. The smallest absolute Gasteiger partial charge is 0.358 e. The van der Waals surface area contributed by atoms with Crippen molar-refractivity contribution in [1.29, 1.82) is 0 Å². The van der Waals surface area contributed by atoms with Crippen molar-refractivity contribution < 1.29 is 18.9 Å². The Hall–Kier alpha value is -1.41. The number of hydrogen-bond donors (Lipinski definition) is 0. The van der Waals surface area contributed by atoms with E-state index in [1.165, 1.54) is 10.6 Å². The zero-order chi connectivity index (χ0) is 11.9. The maximum absolute atomic E-state index is 6.91. The van der Waals surface area contributed by atoms with Crippen LogP contribution in [0.3, 0.4) is 0 Å². The first kappa shape index (κ1) is 14.6. The van der Waals surface area contributed by atoms with Gasteiger partial charge in [-0.2, -0.15) is 5.66 Å². The summed E-state index contributed by atoms with van der Waals surface area (Å²) in [5, 5.41) is 2.41. The maximum Gasteiger partial charge on any atom is 1.00 e. The van der Waals surface area contributed by atoms with Gasteiger partial charge in [0.15, 0.2) is 0 Å². The van der Waals surface area contributed by atoms with Gasteiger partial charge in [-0.15, -0.1) is 0 Å². The predicted octanol–water partition coefficient (Wildman–Crippen LogP) is -0.326. The van der Waals surface area contributed by atoms with E-state index in [1.807, 2.05) is 36.4 Å². The summed E-state index contributed by atoms with van der Waals surface area (Å²) in [5.41, 5.74) is 3.12. The van der Waals surface area contributed by atoms with Crippen LogP contribution in [0.15, 0.2) is 60.7 Å². The fourth-order valence-corrected chi connectivity index (χ4v) is 3.18. The zero-order valence-electron chi connectivity index (χ0n) is 10.2. The summed E-state index contributed by atoms with van der Waals surface area (Å²) in [4.78, 5) is 0.